The van der Waals surface area contributed by atoms with Crippen LogP contribution in [0.15, 0.2) is 41.6 Å². The average molecular weight is 459 g/mol. The Labute approximate surface area is 184 Å². The molecule has 0 amide bonds. The van der Waals surface area contributed by atoms with Crippen molar-refractivity contribution in [1.29, 1.82) is 0 Å². The third-order valence-electron chi connectivity index (χ3n) is 6.64. The zero-order valence-electron chi connectivity index (χ0n) is 18.5. The second-order valence-electron chi connectivity index (χ2n) is 9.03. The molecule has 1 heterocycles. The standard InChI is InChI=1S/C23H33F3N2O2S/c1-4-31(29,30)21-11-7-19(8-12-21)16-27-13-14-28(17(2)3)22(27)15-18-5-9-20(10-6-18)23(24,25)26/h7-8,11-14,17-18,20,22H,4-6,9-10,15-16H2,1-3H3. The average Bonchev–Trinajstić information content (AvgIpc) is 3.10. The fourth-order valence-electron chi connectivity index (χ4n) is 4.67. The lowest BCUT2D eigenvalue weighted by molar-refractivity contribution is -0.184. The number of hydrogen-bond acceptors (Lipinski definition) is 4. The molecule has 1 aromatic rings. The number of sulfone groups is 1. The first-order valence-corrected chi connectivity index (χ1v) is 12.8. The quantitative estimate of drug-likeness (QED) is 0.536. The molecule has 0 aromatic heterocycles. The van der Waals surface area contributed by atoms with Crippen LogP contribution in [0.1, 0.15) is 58.4 Å². The molecule has 8 heteroatoms. The maximum Gasteiger partial charge on any atom is 0.391 e. The van der Waals surface area contributed by atoms with Crippen LogP contribution in [-0.4, -0.2) is 42.4 Å². The van der Waals surface area contributed by atoms with Gasteiger partial charge in [-0.25, -0.2) is 8.42 Å². The number of rotatable bonds is 7. The Hall–Kier alpha value is -1.70. The summed E-state index contributed by atoms with van der Waals surface area (Å²) in [4.78, 5) is 4.82. The number of benzene rings is 1. The van der Waals surface area contributed by atoms with E-state index in [1.54, 1.807) is 19.1 Å². The van der Waals surface area contributed by atoms with E-state index in [0.717, 1.165) is 12.0 Å². The Balaban J connectivity index is 1.66. The lowest BCUT2D eigenvalue weighted by Gasteiger charge is -2.39. The molecule has 1 unspecified atom stereocenters. The first-order valence-electron chi connectivity index (χ1n) is 11.1. The molecule has 0 radical (unpaired) electrons. The van der Waals surface area contributed by atoms with Gasteiger partial charge < -0.3 is 9.80 Å². The Morgan fingerprint density at radius 1 is 1.03 bits per heavy atom. The summed E-state index contributed by atoms with van der Waals surface area (Å²) >= 11 is 0. The summed E-state index contributed by atoms with van der Waals surface area (Å²) in [5, 5.41) is 0. The summed E-state index contributed by atoms with van der Waals surface area (Å²) in [7, 11) is -3.22. The SMILES string of the molecule is CCS(=O)(=O)c1ccc(CN2C=CN(C(C)C)C2CC2CCC(C(F)(F)F)CC2)cc1. The molecule has 0 spiro atoms. The van der Waals surface area contributed by atoms with E-state index in [-0.39, 0.29) is 36.7 Å². The minimum atomic E-state index is -4.08. The van der Waals surface area contributed by atoms with Crippen molar-refractivity contribution in [3.05, 3.63) is 42.2 Å². The third-order valence-corrected chi connectivity index (χ3v) is 8.39. The topological polar surface area (TPSA) is 40.6 Å². The van der Waals surface area contributed by atoms with Gasteiger partial charge in [-0.1, -0.05) is 19.1 Å². The Morgan fingerprint density at radius 3 is 2.16 bits per heavy atom. The van der Waals surface area contributed by atoms with E-state index in [0.29, 0.717) is 24.3 Å². The normalized spacial score (nSPS) is 24.9. The van der Waals surface area contributed by atoms with Gasteiger partial charge in [0.25, 0.3) is 0 Å². The van der Waals surface area contributed by atoms with Gasteiger partial charge in [0.2, 0.25) is 0 Å². The predicted octanol–water partition coefficient (Wildman–Crippen LogP) is 5.56. The van der Waals surface area contributed by atoms with Gasteiger partial charge in [0.15, 0.2) is 9.84 Å². The molecular weight excluding hydrogens is 425 g/mol. The highest BCUT2D eigenvalue weighted by Gasteiger charge is 2.42. The molecule has 0 saturated heterocycles. The molecule has 3 rings (SSSR count). The van der Waals surface area contributed by atoms with E-state index in [2.05, 4.69) is 29.8 Å². The van der Waals surface area contributed by atoms with Crippen molar-refractivity contribution in [3.8, 4) is 0 Å². The van der Waals surface area contributed by atoms with Gasteiger partial charge in [-0.15, -0.1) is 0 Å². The molecule has 1 saturated carbocycles. The van der Waals surface area contributed by atoms with Gasteiger partial charge >= 0.3 is 6.18 Å². The van der Waals surface area contributed by atoms with Crippen molar-refractivity contribution in [2.24, 2.45) is 11.8 Å². The Morgan fingerprint density at radius 2 is 1.65 bits per heavy atom. The van der Waals surface area contributed by atoms with E-state index < -0.39 is 21.9 Å². The summed E-state index contributed by atoms with van der Waals surface area (Å²) in [5.74, 6) is -0.798. The van der Waals surface area contributed by atoms with Gasteiger partial charge in [0.05, 0.1) is 16.6 Å². The van der Waals surface area contributed by atoms with Gasteiger partial charge in [-0.05, 0) is 69.6 Å². The van der Waals surface area contributed by atoms with Gasteiger partial charge in [-0.3, -0.25) is 0 Å². The van der Waals surface area contributed by atoms with Crippen LogP contribution in [0.25, 0.3) is 0 Å². The van der Waals surface area contributed by atoms with E-state index in [4.69, 9.17) is 0 Å². The third kappa shape index (κ3) is 5.76. The smallest absolute Gasteiger partial charge is 0.354 e. The first kappa shape index (κ1) is 24.0. The number of hydrogen-bond donors (Lipinski definition) is 0. The second kappa shape index (κ2) is 9.43. The molecule has 31 heavy (non-hydrogen) atoms. The summed E-state index contributed by atoms with van der Waals surface area (Å²) in [5.41, 5.74) is 1.01. The number of nitrogens with zero attached hydrogens (tertiary/aromatic N) is 2. The van der Waals surface area contributed by atoms with Crippen LogP contribution in [0.5, 0.6) is 0 Å². The minimum Gasteiger partial charge on any atom is -0.354 e. The zero-order chi connectivity index (χ0) is 22.8. The molecule has 1 atom stereocenters. The van der Waals surface area contributed by atoms with E-state index in [1.807, 2.05) is 18.3 Å². The molecule has 4 nitrogen and oxygen atoms in total. The monoisotopic (exact) mass is 458 g/mol. The number of halogens is 3. The highest BCUT2D eigenvalue weighted by Crippen LogP contribution is 2.41. The maximum absolute atomic E-state index is 13.0. The first-order chi connectivity index (χ1) is 14.5. The van der Waals surface area contributed by atoms with Crippen molar-refractivity contribution < 1.29 is 21.6 Å². The fraction of sp³-hybridized carbons (Fsp3) is 0.652. The van der Waals surface area contributed by atoms with E-state index in [9.17, 15) is 21.6 Å². The zero-order valence-corrected chi connectivity index (χ0v) is 19.3. The number of alkyl halides is 3. The van der Waals surface area contributed by atoms with Crippen molar-refractivity contribution in [2.75, 3.05) is 5.75 Å². The molecule has 0 bridgehead atoms. The van der Waals surface area contributed by atoms with Crippen LogP contribution in [0, 0.1) is 11.8 Å². The molecule has 1 fully saturated rings. The molecule has 1 aromatic carbocycles. The van der Waals surface area contributed by atoms with E-state index >= 15 is 0 Å². The molecule has 174 valence electrons. The van der Waals surface area contributed by atoms with Crippen LogP contribution in [-0.2, 0) is 16.4 Å². The van der Waals surface area contributed by atoms with E-state index in [1.165, 1.54) is 0 Å². The van der Waals surface area contributed by atoms with Crippen molar-refractivity contribution in [1.82, 2.24) is 9.80 Å². The minimum absolute atomic E-state index is 0.0726. The van der Waals surface area contributed by atoms with Crippen LogP contribution >= 0.6 is 0 Å². The molecule has 1 aliphatic carbocycles. The summed E-state index contributed by atoms with van der Waals surface area (Å²) in [6, 6.07) is 7.29. The lowest BCUT2D eigenvalue weighted by Crippen LogP contribution is -2.43. The van der Waals surface area contributed by atoms with Crippen LogP contribution in [0.2, 0.25) is 0 Å². The summed E-state index contributed by atoms with van der Waals surface area (Å²) in [6.07, 6.45) is 2.65. The molecule has 2 aliphatic rings. The molecular formula is C23H33F3N2O2S. The van der Waals surface area contributed by atoms with Crippen LogP contribution in [0.4, 0.5) is 13.2 Å². The maximum atomic E-state index is 13.0. The summed E-state index contributed by atoms with van der Waals surface area (Å²) < 4.78 is 63.1. The molecule has 0 N–H and O–H groups in total. The largest absolute Gasteiger partial charge is 0.391 e. The van der Waals surface area contributed by atoms with Crippen molar-refractivity contribution in [2.45, 2.75) is 82.7 Å². The van der Waals surface area contributed by atoms with Crippen LogP contribution < -0.4 is 0 Å². The van der Waals surface area contributed by atoms with Gasteiger partial charge in [0, 0.05) is 25.0 Å². The second-order valence-corrected chi connectivity index (χ2v) is 11.3. The highest BCUT2D eigenvalue weighted by molar-refractivity contribution is 7.91. The fourth-order valence-corrected chi connectivity index (χ4v) is 5.55. The Kier molecular flexibility index (Phi) is 7.28. The van der Waals surface area contributed by atoms with Crippen LogP contribution in [0.3, 0.4) is 0 Å². The molecule has 1 aliphatic heterocycles. The van der Waals surface area contributed by atoms with Crippen molar-refractivity contribution in [3.63, 3.8) is 0 Å². The summed E-state index contributed by atoms with van der Waals surface area (Å²) in [6.45, 7) is 6.50. The van der Waals surface area contributed by atoms with Crippen molar-refractivity contribution >= 4 is 9.84 Å². The highest BCUT2D eigenvalue weighted by atomic mass is 32.2. The predicted molar refractivity (Wildman–Crippen MR) is 116 cm³/mol. The lowest BCUT2D eigenvalue weighted by atomic mass is 9.79. The van der Waals surface area contributed by atoms with Gasteiger partial charge in [0.1, 0.15) is 6.17 Å². The van der Waals surface area contributed by atoms with Gasteiger partial charge in [-0.2, -0.15) is 13.2 Å². The Bertz CT molecular complexity index is 858.